The number of benzene rings is 1. The summed E-state index contributed by atoms with van der Waals surface area (Å²) in [6.07, 6.45) is 3.55. The first-order valence-electron chi connectivity index (χ1n) is 6.57. The molecule has 6 heteroatoms. The Bertz CT molecular complexity index is 694. The van der Waals surface area contributed by atoms with Crippen molar-refractivity contribution in [3.05, 3.63) is 60.6 Å². The van der Waals surface area contributed by atoms with Crippen LogP contribution in [0.15, 0.2) is 54.9 Å². The number of aryl methyl sites for hydroxylation is 1. The molecule has 1 N–H and O–H groups in total. The normalized spacial score (nSPS) is 10.3. The highest BCUT2D eigenvalue weighted by Gasteiger charge is 2.01. The summed E-state index contributed by atoms with van der Waals surface area (Å²) in [5.74, 6) is 2.26. The fourth-order valence-electron chi connectivity index (χ4n) is 1.83. The highest BCUT2D eigenvalue weighted by Crippen LogP contribution is 2.20. The Labute approximate surface area is 122 Å². The van der Waals surface area contributed by atoms with Gasteiger partial charge in [-0.05, 0) is 24.3 Å². The van der Waals surface area contributed by atoms with Crippen LogP contribution in [0, 0.1) is 0 Å². The van der Waals surface area contributed by atoms with Crippen molar-refractivity contribution < 1.29 is 4.74 Å². The van der Waals surface area contributed by atoms with E-state index in [1.165, 1.54) is 0 Å². The van der Waals surface area contributed by atoms with E-state index in [0.717, 1.165) is 17.3 Å². The van der Waals surface area contributed by atoms with Gasteiger partial charge in [0.2, 0.25) is 0 Å². The maximum atomic E-state index is 5.68. The number of rotatable bonds is 5. The standard InChI is InChI=1S/C15H15N5O/c1-20-11-12(18-19-20)9-16-15-8-7-14(10-17-15)21-13-5-3-2-4-6-13/h2-8,10-11H,9H2,1H3,(H,16,17). The molecule has 0 unspecified atom stereocenters. The number of aromatic nitrogens is 4. The van der Waals surface area contributed by atoms with E-state index < -0.39 is 0 Å². The molecule has 0 aliphatic heterocycles. The molecular formula is C15H15N5O. The zero-order valence-electron chi connectivity index (χ0n) is 11.6. The lowest BCUT2D eigenvalue weighted by Gasteiger charge is -2.06. The molecule has 0 fully saturated rings. The minimum atomic E-state index is 0.583. The van der Waals surface area contributed by atoms with E-state index in [2.05, 4.69) is 20.6 Å². The van der Waals surface area contributed by atoms with Gasteiger partial charge in [-0.25, -0.2) is 4.98 Å². The number of nitrogens with one attached hydrogen (secondary N) is 1. The molecule has 1 aromatic carbocycles. The molecule has 3 rings (SSSR count). The van der Waals surface area contributed by atoms with E-state index in [1.54, 1.807) is 10.9 Å². The van der Waals surface area contributed by atoms with Crippen LogP contribution >= 0.6 is 0 Å². The molecule has 0 saturated heterocycles. The van der Waals surface area contributed by atoms with Crippen LogP contribution in [0.4, 0.5) is 5.82 Å². The summed E-state index contributed by atoms with van der Waals surface area (Å²) in [4.78, 5) is 4.31. The quantitative estimate of drug-likeness (QED) is 0.778. The van der Waals surface area contributed by atoms with Gasteiger partial charge in [-0.3, -0.25) is 4.68 Å². The number of hydrogen-bond acceptors (Lipinski definition) is 5. The molecule has 0 amide bonds. The molecule has 0 bridgehead atoms. The summed E-state index contributed by atoms with van der Waals surface area (Å²) >= 11 is 0. The molecule has 0 aliphatic carbocycles. The lowest BCUT2D eigenvalue weighted by atomic mass is 10.3. The summed E-state index contributed by atoms with van der Waals surface area (Å²) in [7, 11) is 1.84. The van der Waals surface area contributed by atoms with E-state index in [4.69, 9.17) is 4.74 Å². The third kappa shape index (κ3) is 3.56. The first-order chi connectivity index (χ1) is 10.3. The first-order valence-corrected chi connectivity index (χ1v) is 6.57. The van der Waals surface area contributed by atoms with Gasteiger partial charge in [0.25, 0.3) is 0 Å². The number of hydrogen-bond donors (Lipinski definition) is 1. The lowest BCUT2D eigenvalue weighted by molar-refractivity contribution is 0.480. The predicted molar refractivity (Wildman–Crippen MR) is 79.1 cm³/mol. The minimum Gasteiger partial charge on any atom is -0.456 e. The number of ether oxygens (including phenoxy) is 1. The molecule has 2 aromatic heterocycles. The van der Waals surface area contributed by atoms with Crippen LogP contribution in [0.2, 0.25) is 0 Å². The number of anilines is 1. The van der Waals surface area contributed by atoms with Crippen LogP contribution < -0.4 is 10.1 Å². The summed E-state index contributed by atoms with van der Waals surface area (Å²) in [6, 6.07) is 13.4. The zero-order chi connectivity index (χ0) is 14.5. The molecule has 2 heterocycles. The Morgan fingerprint density at radius 1 is 1.10 bits per heavy atom. The van der Waals surface area contributed by atoms with Crippen molar-refractivity contribution in [2.24, 2.45) is 7.05 Å². The fraction of sp³-hybridized carbons (Fsp3) is 0.133. The Morgan fingerprint density at radius 2 is 1.95 bits per heavy atom. The molecule has 0 spiro atoms. The monoisotopic (exact) mass is 281 g/mol. The maximum absolute atomic E-state index is 5.68. The van der Waals surface area contributed by atoms with Gasteiger partial charge in [-0.1, -0.05) is 23.4 Å². The maximum Gasteiger partial charge on any atom is 0.145 e. The van der Waals surface area contributed by atoms with Crippen LogP contribution in [-0.4, -0.2) is 20.0 Å². The number of pyridine rings is 1. The molecule has 3 aromatic rings. The van der Waals surface area contributed by atoms with E-state index in [-0.39, 0.29) is 0 Å². The van der Waals surface area contributed by atoms with E-state index in [0.29, 0.717) is 12.3 Å². The minimum absolute atomic E-state index is 0.583. The van der Waals surface area contributed by atoms with Crippen LogP contribution in [0.3, 0.4) is 0 Å². The largest absolute Gasteiger partial charge is 0.456 e. The third-order valence-corrected chi connectivity index (χ3v) is 2.82. The van der Waals surface area contributed by atoms with Crippen molar-refractivity contribution in [2.45, 2.75) is 6.54 Å². The van der Waals surface area contributed by atoms with Crippen molar-refractivity contribution in [3.63, 3.8) is 0 Å². The first kappa shape index (κ1) is 13.1. The Morgan fingerprint density at radius 3 is 2.62 bits per heavy atom. The predicted octanol–water partition coefficient (Wildman–Crippen LogP) is 2.61. The van der Waals surface area contributed by atoms with Gasteiger partial charge in [0.05, 0.1) is 12.7 Å². The summed E-state index contributed by atoms with van der Waals surface area (Å²) in [6.45, 7) is 0.583. The molecule has 0 radical (unpaired) electrons. The van der Waals surface area contributed by atoms with Crippen LogP contribution in [0.5, 0.6) is 11.5 Å². The highest BCUT2D eigenvalue weighted by atomic mass is 16.5. The molecule has 106 valence electrons. The topological polar surface area (TPSA) is 64.9 Å². The molecule has 0 atom stereocenters. The van der Waals surface area contributed by atoms with E-state index in [1.807, 2.05) is 55.7 Å². The van der Waals surface area contributed by atoms with E-state index in [9.17, 15) is 0 Å². The molecule has 21 heavy (non-hydrogen) atoms. The van der Waals surface area contributed by atoms with Crippen LogP contribution in [0.1, 0.15) is 5.69 Å². The van der Waals surface area contributed by atoms with Crippen LogP contribution in [0.25, 0.3) is 0 Å². The van der Waals surface area contributed by atoms with Crippen molar-refractivity contribution in [1.29, 1.82) is 0 Å². The Kier molecular flexibility index (Phi) is 3.77. The fourth-order valence-corrected chi connectivity index (χ4v) is 1.83. The van der Waals surface area contributed by atoms with Gasteiger partial charge < -0.3 is 10.1 Å². The second kappa shape index (κ2) is 6.04. The summed E-state index contributed by atoms with van der Waals surface area (Å²) in [5, 5.41) is 11.1. The average molecular weight is 281 g/mol. The van der Waals surface area contributed by atoms with Gasteiger partial charge in [-0.15, -0.1) is 5.10 Å². The van der Waals surface area contributed by atoms with Crippen molar-refractivity contribution in [3.8, 4) is 11.5 Å². The van der Waals surface area contributed by atoms with Gasteiger partial charge in [0, 0.05) is 13.2 Å². The van der Waals surface area contributed by atoms with Crippen molar-refractivity contribution in [1.82, 2.24) is 20.0 Å². The van der Waals surface area contributed by atoms with Crippen molar-refractivity contribution in [2.75, 3.05) is 5.32 Å². The second-order valence-corrected chi connectivity index (χ2v) is 4.53. The van der Waals surface area contributed by atoms with Crippen molar-refractivity contribution >= 4 is 5.82 Å². The summed E-state index contributed by atoms with van der Waals surface area (Å²) < 4.78 is 7.35. The highest BCUT2D eigenvalue weighted by molar-refractivity contribution is 5.39. The second-order valence-electron chi connectivity index (χ2n) is 4.53. The Balaban J connectivity index is 1.59. The average Bonchev–Trinajstić information content (AvgIpc) is 2.93. The van der Waals surface area contributed by atoms with Gasteiger partial charge in [0.1, 0.15) is 23.0 Å². The van der Waals surface area contributed by atoms with Gasteiger partial charge in [-0.2, -0.15) is 0 Å². The molecule has 0 saturated carbocycles. The lowest BCUT2D eigenvalue weighted by Crippen LogP contribution is -2.01. The SMILES string of the molecule is Cn1cc(CNc2ccc(Oc3ccccc3)cn2)nn1. The van der Waals surface area contributed by atoms with Crippen LogP contribution in [-0.2, 0) is 13.6 Å². The number of para-hydroxylation sites is 1. The van der Waals surface area contributed by atoms with E-state index >= 15 is 0 Å². The summed E-state index contributed by atoms with van der Waals surface area (Å²) in [5.41, 5.74) is 0.865. The molecular weight excluding hydrogens is 266 g/mol. The number of nitrogens with zero attached hydrogens (tertiary/aromatic N) is 4. The Hall–Kier alpha value is -2.89. The van der Waals surface area contributed by atoms with Gasteiger partial charge in [0.15, 0.2) is 0 Å². The zero-order valence-corrected chi connectivity index (χ0v) is 11.6. The molecule has 0 aliphatic rings. The third-order valence-electron chi connectivity index (χ3n) is 2.82. The van der Waals surface area contributed by atoms with Gasteiger partial charge >= 0.3 is 0 Å². The molecule has 6 nitrogen and oxygen atoms in total. The smallest absolute Gasteiger partial charge is 0.145 e.